The summed E-state index contributed by atoms with van der Waals surface area (Å²) in [5, 5.41) is 14.7. The lowest BCUT2D eigenvalue weighted by Crippen LogP contribution is -2.03. The summed E-state index contributed by atoms with van der Waals surface area (Å²) < 4.78 is 6.91. The van der Waals surface area contributed by atoms with Gasteiger partial charge in [0.2, 0.25) is 5.69 Å². The van der Waals surface area contributed by atoms with Gasteiger partial charge in [-0.15, -0.1) is 0 Å². The predicted octanol–water partition coefficient (Wildman–Crippen LogP) is 5.43. The van der Waals surface area contributed by atoms with Crippen molar-refractivity contribution < 1.29 is 14.6 Å². The van der Waals surface area contributed by atoms with E-state index in [1.807, 2.05) is 12.1 Å². The molecule has 7 heteroatoms. The quantitative estimate of drug-likeness (QED) is 0.617. The maximum absolute atomic E-state index is 11.7. The van der Waals surface area contributed by atoms with E-state index in [4.69, 9.17) is 27.9 Å². The van der Waals surface area contributed by atoms with Crippen LogP contribution in [0.2, 0.25) is 10.0 Å². The van der Waals surface area contributed by atoms with Crippen LogP contribution in [0.5, 0.6) is 5.75 Å². The molecule has 1 fully saturated rings. The average molecular weight is 403 g/mol. The zero-order valence-corrected chi connectivity index (χ0v) is 16.0. The van der Waals surface area contributed by atoms with Crippen LogP contribution in [0.25, 0.3) is 16.9 Å². The molecule has 0 amide bonds. The van der Waals surface area contributed by atoms with E-state index in [0.29, 0.717) is 27.3 Å². The second kappa shape index (κ2) is 6.91. The fourth-order valence-electron chi connectivity index (χ4n) is 3.15. The Labute approximate surface area is 166 Å². The molecule has 0 atom stereocenters. The highest BCUT2D eigenvalue weighted by Crippen LogP contribution is 2.42. The Balaban J connectivity index is 1.93. The molecule has 1 N–H and O–H groups in total. The van der Waals surface area contributed by atoms with E-state index in [-0.39, 0.29) is 11.4 Å². The zero-order chi connectivity index (χ0) is 19.1. The van der Waals surface area contributed by atoms with Crippen LogP contribution in [0.3, 0.4) is 0 Å². The number of hydrogen-bond acceptors (Lipinski definition) is 3. The maximum Gasteiger partial charge on any atom is 0.360 e. The molecule has 138 valence electrons. The van der Waals surface area contributed by atoms with Crippen molar-refractivity contribution in [3.63, 3.8) is 0 Å². The summed E-state index contributed by atoms with van der Waals surface area (Å²) in [6.07, 6.45) is 2.42. The number of hydrogen-bond donors (Lipinski definition) is 1. The fraction of sp³-hybridized carbons (Fsp3) is 0.200. The van der Waals surface area contributed by atoms with Gasteiger partial charge >= 0.3 is 5.97 Å². The Morgan fingerprint density at radius 1 is 1.19 bits per heavy atom. The number of aromatic carboxylic acids is 1. The molecule has 0 aliphatic heterocycles. The summed E-state index contributed by atoms with van der Waals surface area (Å²) in [5.74, 6) is -0.356. The minimum Gasteiger partial charge on any atom is -0.492 e. The van der Waals surface area contributed by atoms with E-state index in [1.54, 1.807) is 18.2 Å². The average Bonchev–Trinajstić information content (AvgIpc) is 3.42. The molecular formula is C20H16Cl2N2O3. The smallest absolute Gasteiger partial charge is 0.360 e. The summed E-state index contributed by atoms with van der Waals surface area (Å²) in [6, 6.07) is 13.0. The minimum atomic E-state index is -1.17. The Bertz CT molecular complexity index is 1020. The molecule has 1 saturated carbocycles. The van der Waals surface area contributed by atoms with Crippen LogP contribution < -0.4 is 4.74 Å². The van der Waals surface area contributed by atoms with Gasteiger partial charge in [0.15, 0.2) is 5.75 Å². The Morgan fingerprint density at radius 3 is 2.44 bits per heavy atom. The van der Waals surface area contributed by atoms with Crippen molar-refractivity contribution in [3.8, 4) is 22.7 Å². The summed E-state index contributed by atoms with van der Waals surface area (Å²) in [6.45, 7) is 0. The number of nitrogens with zero attached hydrogens (tertiary/aromatic N) is 2. The predicted molar refractivity (Wildman–Crippen MR) is 105 cm³/mol. The first-order valence-electron chi connectivity index (χ1n) is 8.45. The van der Waals surface area contributed by atoms with Crippen LogP contribution in [-0.2, 0) is 0 Å². The van der Waals surface area contributed by atoms with E-state index < -0.39 is 5.97 Å². The van der Waals surface area contributed by atoms with Crippen molar-refractivity contribution in [1.29, 1.82) is 0 Å². The van der Waals surface area contributed by atoms with Gasteiger partial charge in [-0.2, -0.15) is 5.10 Å². The molecule has 0 saturated heterocycles. The van der Waals surface area contributed by atoms with Crippen molar-refractivity contribution in [2.24, 2.45) is 0 Å². The third kappa shape index (κ3) is 3.29. The van der Waals surface area contributed by atoms with E-state index in [9.17, 15) is 9.90 Å². The standard InChI is InChI=1S/C20H16Cl2N2O3/c1-27-19-17(20(25)26)23-24(16-9-8-14(21)10-15(16)22)18(19)13-6-4-12(5-7-13)11-2-3-11/h4-11H,2-3H2,1H3,(H,25,26). The Kier molecular flexibility index (Phi) is 4.58. The monoisotopic (exact) mass is 402 g/mol. The van der Waals surface area contributed by atoms with Gasteiger partial charge in [0.25, 0.3) is 0 Å². The van der Waals surface area contributed by atoms with Gasteiger partial charge in [0, 0.05) is 10.6 Å². The van der Waals surface area contributed by atoms with Gasteiger partial charge in [-0.25, -0.2) is 9.48 Å². The number of carboxylic acids is 1. The molecule has 0 radical (unpaired) electrons. The molecule has 0 bridgehead atoms. The normalized spacial score (nSPS) is 13.6. The number of ether oxygens (including phenoxy) is 1. The molecular weight excluding hydrogens is 387 g/mol. The molecule has 1 heterocycles. The highest BCUT2D eigenvalue weighted by molar-refractivity contribution is 6.35. The fourth-order valence-corrected chi connectivity index (χ4v) is 3.64. The molecule has 3 aromatic rings. The number of aromatic nitrogens is 2. The second-order valence-electron chi connectivity index (χ2n) is 6.44. The van der Waals surface area contributed by atoms with Gasteiger partial charge in [-0.05, 0) is 42.5 Å². The summed E-state index contributed by atoms with van der Waals surface area (Å²) >= 11 is 12.3. The number of benzene rings is 2. The highest BCUT2D eigenvalue weighted by atomic mass is 35.5. The summed E-state index contributed by atoms with van der Waals surface area (Å²) in [7, 11) is 1.43. The van der Waals surface area contributed by atoms with Gasteiger partial charge in [-0.3, -0.25) is 0 Å². The number of rotatable bonds is 5. The SMILES string of the molecule is COc1c(C(=O)O)nn(-c2ccc(Cl)cc2Cl)c1-c1ccc(C2CC2)cc1. The molecule has 1 aliphatic rings. The molecule has 0 spiro atoms. The van der Waals surface area contributed by atoms with Crippen LogP contribution in [0.1, 0.15) is 34.8 Å². The molecule has 5 nitrogen and oxygen atoms in total. The number of carbonyl (C=O) groups is 1. The largest absolute Gasteiger partial charge is 0.492 e. The number of carboxylic acid groups (broad SMARTS) is 1. The van der Waals surface area contributed by atoms with Crippen LogP contribution >= 0.6 is 23.2 Å². The first-order valence-corrected chi connectivity index (χ1v) is 9.21. The number of methoxy groups -OCH3 is 1. The van der Waals surface area contributed by atoms with E-state index in [2.05, 4.69) is 17.2 Å². The van der Waals surface area contributed by atoms with Crippen molar-refractivity contribution in [2.45, 2.75) is 18.8 Å². The van der Waals surface area contributed by atoms with Crippen LogP contribution in [0.15, 0.2) is 42.5 Å². The minimum absolute atomic E-state index is 0.176. The summed E-state index contributed by atoms with van der Waals surface area (Å²) in [5.41, 5.74) is 2.95. The lowest BCUT2D eigenvalue weighted by Gasteiger charge is -2.11. The van der Waals surface area contributed by atoms with Crippen molar-refractivity contribution >= 4 is 29.2 Å². The van der Waals surface area contributed by atoms with Gasteiger partial charge < -0.3 is 9.84 Å². The van der Waals surface area contributed by atoms with Crippen molar-refractivity contribution in [2.75, 3.05) is 7.11 Å². The lowest BCUT2D eigenvalue weighted by atomic mass is 10.1. The molecule has 0 unspecified atom stereocenters. The molecule has 4 rings (SSSR count). The second-order valence-corrected chi connectivity index (χ2v) is 7.28. The first-order chi connectivity index (χ1) is 13.0. The van der Waals surface area contributed by atoms with Gasteiger partial charge in [0.1, 0.15) is 5.69 Å². The highest BCUT2D eigenvalue weighted by Gasteiger charge is 2.27. The van der Waals surface area contributed by atoms with Gasteiger partial charge in [0.05, 0.1) is 17.8 Å². The van der Waals surface area contributed by atoms with Crippen LogP contribution in [-0.4, -0.2) is 28.0 Å². The molecule has 2 aromatic carbocycles. The lowest BCUT2D eigenvalue weighted by molar-refractivity contribution is 0.0686. The summed E-state index contributed by atoms with van der Waals surface area (Å²) in [4.78, 5) is 11.7. The Morgan fingerprint density at radius 2 is 1.89 bits per heavy atom. The maximum atomic E-state index is 11.7. The van der Waals surface area contributed by atoms with E-state index >= 15 is 0 Å². The topological polar surface area (TPSA) is 64.3 Å². The van der Waals surface area contributed by atoms with E-state index in [1.165, 1.54) is 30.2 Å². The van der Waals surface area contributed by atoms with Gasteiger partial charge in [-0.1, -0.05) is 47.5 Å². The number of halogens is 2. The molecule has 1 aromatic heterocycles. The third-order valence-electron chi connectivity index (χ3n) is 4.62. The van der Waals surface area contributed by atoms with Crippen LogP contribution in [0.4, 0.5) is 0 Å². The van der Waals surface area contributed by atoms with Crippen LogP contribution in [0, 0.1) is 0 Å². The molecule has 1 aliphatic carbocycles. The molecule has 27 heavy (non-hydrogen) atoms. The van der Waals surface area contributed by atoms with Crippen molar-refractivity contribution in [3.05, 3.63) is 63.8 Å². The Hall–Kier alpha value is -2.50. The van der Waals surface area contributed by atoms with Crippen molar-refractivity contribution in [1.82, 2.24) is 9.78 Å². The zero-order valence-electron chi connectivity index (χ0n) is 14.4. The van der Waals surface area contributed by atoms with E-state index in [0.717, 1.165) is 5.56 Å². The third-order valence-corrected chi connectivity index (χ3v) is 5.16. The first kappa shape index (κ1) is 17.9.